The Morgan fingerprint density at radius 3 is 2.85 bits per heavy atom. The van der Waals surface area contributed by atoms with E-state index in [1.54, 1.807) is 0 Å². The predicted octanol–water partition coefficient (Wildman–Crippen LogP) is 2.49. The van der Waals surface area contributed by atoms with Crippen molar-refractivity contribution in [2.45, 2.75) is 25.4 Å². The van der Waals surface area contributed by atoms with Crippen LogP contribution in [0.4, 0.5) is 0 Å². The van der Waals surface area contributed by atoms with E-state index >= 15 is 0 Å². The number of nitrogens with zero attached hydrogens (tertiary/aromatic N) is 1. The normalized spacial score (nSPS) is 19.3. The summed E-state index contributed by atoms with van der Waals surface area (Å²) in [6.07, 6.45) is 2.30. The molecule has 1 aromatic rings. The van der Waals surface area contributed by atoms with Gasteiger partial charge in [0.2, 0.25) is 0 Å². The molecule has 0 aliphatic carbocycles. The van der Waals surface area contributed by atoms with Gasteiger partial charge in [-0.3, -0.25) is 0 Å². The molecule has 20 heavy (non-hydrogen) atoms. The van der Waals surface area contributed by atoms with Crippen LogP contribution in [0, 0.1) is 11.3 Å². The molecule has 7 heteroatoms. The molecule has 1 fully saturated rings. The summed E-state index contributed by atoms with van der Waals surface area (Å²) in [7, 11) is -3.77. The van der Waals surface area contributed by atoms with Crippen molar-refractivity contribution in [1.29, 1.82) is 5.26 Å². The predicted molar refractivity (Wildman–Crippen MR) is 74.2 cm³/mol. The van der Waals surface area contributed by atoms with Gasteiger partial charge in [0.25, 0.3) is 0 Å². The summed E-state index contributed by atoms with van der Waals surface area (Å²) in [6.45, 7) is 0.581. The zero-order valence-corrected chi connectivity index (χ0v) is 12.3. The molecule has 0 bridgehead atoms. The second-order valence-electron chi connectivity index (χ2n) is 4.55. The Morgan fingerprint density at radius 2 is 2.25 bits per heavy atom. The van der Waals surface area contributed by atoms with Crippen molar-refractivity contribution in [3.63, 3.8) is 0 Å². The zero-order valence-electron chi connectivity index (χ0n) is 10.7. The largest absolute Gasteiger partial charge is 0.381 e. The summed E-state index contributed by atoms with van der Waals surface area (Å²) in [5.41, 5.74) is 0.343. The van der Waals surface area contributed by atoms with Crippen molar-refractivity contribution in [1.82, 2.24) is 0 Å². The molecule has 0 radical (unpaired) electrons. The molecule has 1 unspecified atom stereocenters. The minimum atomic E-state index is -3.77. The highest BCUT2D eigenvalue weighted by atomic mass is 35.5. The fourth-order valence-electron chi connectivity index (χ4n) is 1.98. The van der Waals surface area contributed by atoms with Crippen LogP contribution in [0.5, 0.6) is 5.75 Å². The molecule has 1 saturated heterocycles. The summed E-state index contributed by atoms with van der Waals surface area (Å²) in [5.74, 6) is -0.162. The Kier molecular flexibility index (Phi) is 4.86. The third kappa shape index (κ3) is 4.10. The minimum Gasteiger partial charge on any atom is -0.381 e. The summed E-state index contributed by atoms with van der Waals surface area (Å²) >= 11 is 5.89. The van der Waals surface area contributed by atoms with Crippen LogP contribution < -0.4 is 4.18 Å². The molecule has 0 N–H and O–H groups in total. The first-order valence-corrected chi connectivity index (χ1v) is 8.19. The van der Waals surface area contributed by atoms with Crippen LogP contribution in [0.1, 0.15) is 24.8 Å². The standard InChI is InChI=1S/C13H14ClNO4S/c14-12-7-10(8-15)4-5-13(12)19-20(16,17)9-11-3-1-2-6-18-11/h4-5,7,11H,1-3,6,9H2. The van der Waals surface area contributed by atoms with Crippen molar-refractivity contribution >= 4 is 21.7 Å². The molecule has 2 rings (SSSR count). The third-order valence-electron chi connectivity index (χ3n) is 2.94. The lowest BCUT2D eigenvalue weighted by atomic mass is 10.1. The van der Waals surface area contributed by atoms with Crippen LogP contribution in [0.15, 0.2) is 18.2 Å². The smallest absolute Gasteiger partial charge is 0.311 e. The number of ether oxygens (including phenoxy) is 1. The fraction of sp³-hybridized carbons (Fsp3) is 0.462. The molecule has 1 atom stereocenters. The van der Waals surface area contributed by atoms with Gasteiger partial charge in [0.05, 0.1) is 22.8 Å². The molecular formula is C13H14ClNO4S. The molecular weight excluding hydrogens is 302 g/mol. The van der Waals surface area contributed by atoms with Gasteiger partial charge in [-0.25, -0.2) is 0 Å². The number of halogens is 1. The lowest BCUT2D eigenvalue weighted by Gasteiger charge is -2.22. The average molecular weight is 316 g/mol. The Morgan fingerprint density at radius 1 is 1.45 bits per heavy atom. The van der Waals surface area contributed by atoms with Crippen LogP contribution in [0.3, 0.4) is 0 Å². The van der Waals surface area contributed by atoms with Gasteiger partial charge in [0, 0.05) is 6.61 Å². The molecule has 1 aromatic carbocycles. The van der Waals surface area contributed by atoms with E-state index in [1.807, 2.05) is 6.07 Å². The van der Waals surface area contributed by atoms with Crippen molar-refractivity contribution in [2.24, 2.45) is 0 Å². The summed E-state index contributed by atoms with van der Waals surface area (Å²) in [6, 6.07) is 6.11. The Labute approximate surface area is 123 Å². The third-order valence-corrected chi connectivity index (χ3v) is 4.45. The van der Waals surface area contributed by atoms with E-state index in [4.69, 9.17) is 25.8 Å². The molecule has 1 aliphatic rings. The molecule has 1 heterocycles. The minimum absolute atomic E-state index is 0.0291. The molecule has 0 amide bonds. The van der Waals surface area contributed by atoms with E-state index in [-0.39, 0.29) is 22.6 Å². The van der Waals surface area contributed by atoms with Crippen LogP contribution in [0.2, 0.25) is 5.02 Å². The van der Waals surface area contributed by atoms with Gasteiger partial charge in [0.1, 0.15) is 5.75 Å². The summed E-state index contributed by atoms with van der Waals surface area (Å²) < 4.78 is 34.3. The average Bonchev–Trinajstić information content (AvgIpc) is 2.41. The molecule has 0 aromatic heterocycles. The number of hydrogen-bond acceptors (Lipinski definition) is 5. The molecule has 0 spiro atoms. The maximum atomic E-state index is 11.9. The maximum absolute atomic E-state index is 11.9. The zero-order chi connectivity index (χ0) is 14.6. The SMILES string of the molecule is N#Cc1ccc(OS(=O)(=O)CC2CCCCO2)c(Cl)c1. The fourth-order valence-corrected chi connectivity index (χ4v) is 3.45. The number of rotatable bonds is 4. The van der Waals surface area contributed by atoms with E-state index in [9.17, 15) is 8.42 Å². The quantitative estimate of drug-likeness (QED) is 0.798. The topological polar surface area (TPSA) is 76.4 Å². The van der Waals surface area contributed by atoms with Crippen LogP contribution in [-0.2, 0) is 14.9 Å². The highest BCUT2D eigenvalue weighted by Crippen LogP contribution is 2.27. The molecule has 0 saturated carbocycles. The second kappa shape index (κ2) is 6.44. The highest BCUT2D eigenvalue weighted by Gasteiger charge is 2.24. The first kappa shape index (κ1) is 15.1. The van der Waals surface area contributed by atoms with E-state index < -0.39 is 10.1 Å². The van der Waals surface area contributed by atoms with Gasteiger partial charge in [0.15, 0.2) is 5.75 Å². The number of hydrogen-bond donors (Lipinski definition) is 0. The Bertz CT molecular complexity index is 618. The van der Waals surface area contributed by atoms with Crippen LogP contribution >= 0.6 is 11.6 Å². The Balaban J connectivity index is 2.06. The van der Waals surface area contributed by atoms with Crippen molar-refractivity contribution in [3.05, 3.63) is 28.8 Å². The summed E-state index contributed by atoms with van der Waals surface area (Å²) in [5, 5.41) is 8.81. The van der Waals surface area contributed by atoms with Gasteiger partial charge in [-0.1, -0.05) is 11.6 Å². The van der Waals surface area contributed by atoms with Crippen LogP contribution in [0.25, 0.3) is 0 Å². The van der Waals surface area contributed by atoms with Gasteiger partial charge in [-0.2, -0.15) is 13.7 Å². The lowest BCUT2D eigenvalue weighted by molar-refractivity contribution is 0.0298. The van der Waals surface area contributed by atoms with E-state index in [1.165, 1.54) is 18.2 Å². The van der Waals surface area contributed by atoms with Crippen molar-refractivity contribution in [3.8, 4) is 11.8 Å². The van der Waals surface area contributed by atoms with E-state index in [0.29, 0.717) is 18.6 Å². The monoisotopic (exact) mass is 315 g/mol. The highest BCUT2D eigenvalue weighted by molar-refractivity contribution is 7.87. The molecule has 5 nitrogen and oxygen atoms in total. The first-order chi connectivity index (χ1) is 9.50. The lowest BCUT2D eigenvalue weighted by Crippen LogP contribution is -2.29. The number of benzene rings is 1. The van der Waals surface area contributed by atoms with Gasteiger partial charge in [-0.15, -0.1) is 0 Å². The Hall–Kier alpha value is -1.29. The van der Waals surface area contributed by atoms with Gasteiger partial charge < -0.3 is 8.92 Å². The number of nitriles is 1. The van der Waals surface area contributed by atoms with Crippen molar-refractivity contribution in [2.75, 3.05) is 12.4 Å². The first-order valence-electron chi connectivity index (χ1n) is 6.23. The van der Waals surface area contributed by atoms with E-state index in [2.05, 4.69) is 0 Å². The van der Waals surface area contributed by atoms with Crippen molar-refractivity contribution < 1.29 is 17.3 Å². The molecule has 1 aliphatic heterocycles. The second-order valence-corrected chi connectivity index (χ2v) is 6.58. The maximum Gasteiger partial charge on any atom is 0.311 e. The van der Waals surface area contributed by atoms with E-state index in [0.717, 1.165) is 12.8 Å². The summed E-state index contributed by atoms with van der Waals surface area (Å²) in [4.78, 5) is 0. The molecule has 108 valence electrons. The van der Waals surface area contributed by atoms with Gasteiger partial charge >= 0.3 is 10.1 Å². The van der Waals surface area contributed by atoms with Gasteiger partial charge in [-0.05, 0) is 37.5 Å². The van der Waals surface area contributed by atoms with Crippen LogP contribution in [-0.4, -0.2) is 26.9 Å².